The molecule has 0 saturated carbocycles. The summed E-state index contributed by atoms with van der Waals surface area (Å²) in [6, 6.07) is 10.4. The number of piperazine rings is 1. The Morgan fingerprint density at radius 2 is 1.83 bits per heavy atom. The highest BCUT2D eigenvalue weighted by atomic mass is 16.4. The zero-order valence-electron chi connectivity index (χ0n) is 14.1. The highest BCUT2D eigenvalue weighted by Gasteiger charge is 2.17. The first-order chi connectivity index (χ1) is 11.5. The van der Waals surface area contributed by atoms with Crippen LogP contribution >= 0.6 is 0 Å². The van der Waals surface area contributed by atoms with Crippen molar-refractivity contribution in [3.63, 3.8) is 0 Å². The summed E-state index contributed by atoms with van der Waals surface area (Å²) in [5, 5.41) is 10.9. The van der Waals surface area contributed by atoms with Gasteiger partial charge in [0.05, 0.1) is 6.54 Å². The van der Waals surface area contributed by atoms with Crippen LogP contribution in [0.4, 0.5) is 5.69 Å². The Bertz CT molecular complexity index is 530. The largest absolute Gasteiger partial charge is 0.480 e. The lowest BCUT2D eigenvalue weighted by Gasteiger charge is -2.36. The van der Waals surface area contributed by atoms with Crippen LogP contribution in [0.3, 0.4) is 0 Å². The minimum absolute atomic E-state index is 0.220. The number of aliphatic carboxylic acids is 1. The quantitative estimate of drug-likeness (QED) is 0.694. The summed E-state index contributed by atoms with van der Waals surface area (Å²) in [6.07, 6.45) is 0. The Labute approximate surface area is 142 Å². The summed E-state index contributed by atoms with van der Waals surface area (Å²) in [6.45, 7) is 5.62. The molecule has 24 heavy (non-hydrogen) atoms. The Hall–Kier alpha value is -2.12. The van der Waals surface area contributed by atoms with Crippen molar-refractivity contribution >= 4 is 17.6 Å². The molecule has 1 fully saturated rings. The maximum absolute atomic E-state index is 11.6. The molecule has 1 saturated heterocycles. The SMILES string of the molecule is CN(CCN1CCN(c2ccccc2)CC1)CC(=O)NCC(=O)O. The second-order valence-electron chi connectivity index (χ2n) is 6.07. The van der Waals surface area contributed by atoms with Crippen molar-refractivity contribution in [3.8, 4) is 0 Å². The van der Waals surface area contributed by atoms with Crippen LogP contribution in [0.5, 0.6) is 0 Å². The molecule has 2 N–H and O–H groups in total. The summed E-state index contributed by atoms with van der Waals surface area (Å²) >= 11 is 0. The topological polar surface area (TPSA) is 76.1 Å². The predicted molar refractivity (Wildman–Crippen MR) is 93.2 cm³/mol. The molecule has 1 aromatic carbocycles. The van der Waals surface area contributed by atoms with Crippen LogP contribution in [-0.2, 0) is 9.59 Å². The molecule has 0 atom stereocenters. The second kappa shape index (κ2) is 9.24. The van der Waals surface area contributed by atoms with E-state index in [0.717, 1.165) is 39.3 Å². The number of carbonyl (C=O) groups excluding carboxylic acids is 1. The van der Waals surface area contributed by atoms with Gasteiger partial charge in [0, 0.05) is 45.0 Å². The average Bonchev–Trinajstić information content (AvgIpc) is 2.59. The molecule has 0 bridgehead atoms. The first-order valence-electron chi connectivity index (χ1n) is 8.24. The van der Waals surface area contributed by atoms with Crippen LogP contribution in [0, 0.1) is 0 Å². The van der Waals surface area contributed by atoms with Crippen molar-refractivity contribution in [1.29, 1.82) is 0 Å². The van der Waals surface area contributed by atoms with E-state index in [1.165, 1.54) is 5.69 Å². The second-order valence-corrected chi connectivity index (χ2v) is 6.07. The lowest BCUT2D eigenvalue weighted by molar-refractivity contribution is -0.138. The number of nitrogens with one attached hydrogen (secondary N) is 1. The number of anilines is 1. The smallest absolute Gasteiger partial charge is 0.322 e. The molecule has 1 heterocycles. The summed E-state index contributed by atoms with van der Waals surface area (Å²) in [5.74, 6) is -1.28. The molecule has 1 aromatic rings. The summed E-state index contributed by atoms with van der Waals surface area (Å²) in [4.78, 5) is 28.7. The molecule has 2 rings (SSSR count). The average molecular weight is 334 g/mol. The van der Waals surface area contributed by atoms with E-state index in [0.29, 0.717) is 0 Å². The molecule has 0 aliphatic carbocycles. The lowest BCUT2D eigenvalue weighted by Crippen LogP contribution is -2.48. The molecule has 0 spiro atoms. The molecular formula is C17H26N4O3. The van der Waals surface area contributed by atoms with Gasteiger partial charge in [-0.15, -0.1) is 0 Å². The monoisotopic (exact) mass is 334 g/mol. The van der Waals surface area contributed by atoms with Gasteiger partial charge in [-0.1, -0.05) is 18.2 Å². The van der Waals surface area contributed by atoms with E-state index >= 15 is 0 Å². The van der Waals surface area contributed by atoms with Gasteiger partial charge in [-0.25, -0.2) is 0 Å². The number of carboxylic acids is 1. The van der Waals surface area contributed by atoms with E-state index in [2.05, 4.69) is 39.4 Å². The van der Waals surface area contributed by atoms with Crippen molar-refractivity contribution in [1.82, 2.24) is 15.1 Å². The molecule has 1 aliphatic rings. The minimum atomic E-state index is -1.03. The standard InChI is InChI=1S/C17H26N4O3/c1-19(14-16(22)18-13-17(23)24)7-8-20-9-11-21(12-10-20)15-5-3-2-4-6-15/h2-6H,7-14H2,1H3,(H,18,22)(H,23,24). The first kappa shape index (κ1) is 18.2. The predicted octanol–water partition coefficient (Wildman–Crippen LogP) is -0.0588. The summed E-state index contributed by atoms with van der Waals surface area (Å²) < 4.78 is 0. The Balaban J connectivity index is 1.63. The fourth-order valence-corrected chi connectivity index (χ4v) is 2.73. The highest BCUT2D eigenvalue weighted by Crippen LogP contribution is 2.15. The van der Waals surface area contributed by atoms with Crippen molar-refractivity contribution in [3.05, 3.63) is 30.3 Å². The van der Waals surface area contributed by atoms with Crippen molar-refractivity contribution in [2.45, 2.75) is 0 Å². The van der Waals surface area contributed by atoms with Crippen LogP contribution in [-0.4, -0.2) is 86.2 Å². The summed E-state index contributed by atoms with van der Waals surface area (Å²) in [7, 11) is 1.88. The van der Waals surface area contributed by atoms with Gasteiger partial charge in [0.15, 0.2) is 0 Å². The molecule has 0 radical (unpaired) electrons. The Kier molecular flexibility index (Phi) is 7.02. The van der Waals surface area contributed by atoms with Crippen molar-refractivity contribution in [2.24, 2.45) is 0 Å². The number of carbonyl (C=O) groups is 2. The van der Waals surface area contributed by atoms with Crippen LogP contribution in [0.15, 0.2) is 30.3 Å². The number of rotatable bonds is 8. The van der Waals surface area contributed by atoms with Crippen LogP contribution < -0.4 is 10.2 Å². The number of carboxylic acid groups (broad SMARTS) is 1. The van der Waals surface area contributed by atoms with Gasteiger partial charge in [-0.2, -0.15) is 0 Å². The molecule has 0 unspecified atom stereocenters. The molecule has 132 valence electrons. The van der Waals surface area contributed by atoms with Gasteiger partial charge in [0.25, 0.3) is 0 Å². The number of benzene rings is 1. The zero-order valence-corrected chi connectivity index (χ0v) is 14.1. The van der Waals surface area contributed by atoms with Gasteiger partial charge in [-0.05, 0) is 19.2 Å². The molecule has 1 amide bonds. The van der Waals surface area contributed by atoms with Gasteiger partial charge in [0.1, 0.15) is 6.54 Å². The number of hydrogen-bond donors (Lipinski definition) is 2. The van der Waals surface area contributed by atoms with E-state index < -0.39 is 5.97 Å². The maximum atomic E-state index is 11.6. The van der Waals surface area contributed by atoms with Crippen LogP contribution in [0.25, 0.3) is 0 Å². The van der Waals surface area contributed by atoms with Crippen LogP contribution in [0.1, 0.15) is 0 Å². The van der Waals surface area contributed by atoms with Gasteiger partial charge in [0.2, 0.25) is 5.91 Å². The molecule has 7 heteroatoms. The van der Waals surface area contributed by atoms with E-state index in [-0.39, 0.29) is 19.0 Å². The van der Waals surface area contributed by atoms with Crippen LogP contribution in [0.2, 0.25) is 0 Å². The third kappa shape index (κ3) is 6.17. The zero-order chi connectivity index (χ0) is 17.4. The molecular weight excluding hydrogens is 308 g/mol. The summed E-state index contributed by atoms with van der Waals surface area (Å²) in [5.41, 5.74) is 1.27. The number of amides is 1. The number of hydrogen-bond acceptors (Lipinski definition) is 5. The molecule has 1 aliphatic heterocycles. The number of likely N-dealkylation sites (N-methyl/N-ethyl adjacent to an activating group) is 1. The molecule has 7 nitrogen and oxygen atoms in total. The van der Waals surface area contributed by atoms with Gasteiger partial charge in [-0.3, -0.25) is 19.4 Å². The normalized spacial score (nSPS) is 15.5. The minimum Gasteiger partial charge on any atom is -0.480 e. The molecule has 0 aromatic heterocycles. The van der Waals surface area contributed by atoms with Crippen molar-refractivity contribution in [2.75, 3.05) is 64.3 Å². The number of nitrogens with zero attached hydrogens (tertiary/aromatic N) is 3. The lowest BCUT2D eigenvalue weighted by atomic mass is 10.2. The highest BCUT2D eigenvalue weighted by molar-refractivity contribution is 5.82. The number of para-hydroxylation sites is 1. The fourth-order valence-electron chi connectivity index (χ4n) is 2.73. The van der Waals surface area contributed by atoms with E-state index in [1.807, 2.05) is 18.0 Å². The first-order valence-corrected chi connectivity index (χ1v) is 8.24. The van der Waals surface area contributed by atoms with Gasteiger partial charge < -0.3 is 15.3 Å². The van der Waals surface area contributed by atoms with E-state index in [1.54, 1.807) is 0 Å². The third-order valence-corrected chi connectivity index (χ3v) is 4.14. The van der Waals surface area contributed by atoms with E-state index in [4.69, 9.17) is 5.11 Å². The Morgan fingerprint density at radius 1 is 1.17 bits per heavy atom. The third-order valence-electron chi connectivity index (χ3n) is 4.14. The maximum Gasteiger partial charge on any atom is 0.322 e. The van der Waals surface area contributed by atoms with Gasteiger partial charge >= 0.3 is 5.97 Å². The Morgan fingerprint density at radius 3 is 2.46 bits per heavy atom. The fraction of sp³-hybridized carbons (Fsp3) is 0.529. The van der Waals surface area contributed by atoms with E-state index in [9.17, 15) is 9.59 Å². The van der Waals surface area contributed by atoms with Crippen molar-refractivity contribution < 1.29 is 14.7 Å².